The fraction of sp³-hybridized carbons (Fsp3) is 0.500. The lowest BCUT2D eigenvalue weighted by Gasteiger charge is -2.38. The van der Waals surface area contributed by atoms with Gasteiger partial charge in [0.25, 0.3) is 0 Å². The molecule has 1 aliphatic heterocycles. The zero-order valence-electron chi connectivity index (χ0n) is 11.2. The summed E-state index contributed by atoms with van der Waals surface area (Å²) in [6, 6.07) is 4.92. The number of carbonyl (C=O) groups excluding carboxylic acids is 1. The van der Waals surface area contributed by atoms with Crippen LogP contribution in [0.15, 0.2) is 18.2 Å². The summed E-state index contributed by atoms with van der Waals surface area (Å²) in [5.41, 5.74) is -0.373. The molecule has 0 aromatic heterocycles. The summed E-state index contributed by atoms with van der Waals surface area (Å²) in [5.74, 6) is -0.773. The summed E-state index contributed by atoms with van der Waals surface area (Å²) in [5, 5.41) is 2.84. The number of ether oxygens (including phenoxy) is 2. The van der Waals surface area contributed by atoms with Crippen molar-refractivity contribution in [1.29, 1.82) is 0 Å². The first-order valence-electron chi connectivity index (χ1n) is 6.40. The second-order valence-corrected chi connectivity index (χ2v) is 4.97. The van der Waals surface area contributed by atoms with Crippen LogP contribution in [0.25, 0.3) is 0 Å². The van der Waals surface area contributed by atoms with E-state index in [1.54, 1.807) is 18.2 Å². The van der Waals surface area contributed by atoms with Gasteiger partial charge in [0.15, 0.2) is 11.6 Å². The third-order valence-corrected chi connectivity index (χ3v) is 3.79. The van der Waals surface area contributed by atoms with Gasteiger partial charge >= 0.3 is 0 Å². The second-order valence-electron chi connectivity index (χ2n) is 4.70. The molecule has 6 heteroatoms. The van der Waals surface area contributed by atoms with Gasteiger partial charge < -0.3 is 14.8 Å². The van der Waals surface area contributed by atoms with Crippen molar-refractivity contribution in [2.45, 2.75) is 18.4 Å². The Labute approximate surface area is 122 Å². The molecule has 0 radical (unpaired) electrons. The molecule has 0 saturated carbocycles. The SMILES string of the molecule is COc1cccc(C2(NC(=O)CCl)CCOCC2)c1F. The molecule has 4 nitrogen and oxygen atoms in total. The van der Waals surface area contributed by atoms with Gasteiger partial charge in [-0.1, -0.05) is 12.1 Å². The van der Waals surface area contributed by atoms with E-state index in [2.05, 4.69) is 5.32 Å². The van der Waals surface area contributed by atoms with Crippen molar-refractivity contribution < 1.29 is 18.7 Å². The van der Waals surface area contributed by atoms with Crippen LogP contribution in [0.5, 0.6) is 5.75 Å². The van der Waals surface area contributed by atoms with Crippen molar-refractivity contribution >= 4 is 17.5 Å². The maximum Gasteiger partial charge on any atom is 0.235 e. The van der Waals surface area contributed by atoms with Crippen LogP contribution in [0.2, 0.25) is 0 Å². The molecule has 2 rings (SSSR count). The van der Waals surface area contributed by atoms with Gasteiger partial charge in [-0.15, -0.1) is 11.6 Å². The Balaban J connectivity index is 2.43. The molecule has 1 saturated heterocycles. The van der Waals surface area contributed by atoms with E-state index >= 15 is 0 Å². The van der Waals surface area contributed by atoms with E-state index in [1.165, 1.54) is 7.11 Å². The van der Waals surface area contributed by atoms with E-state index in [1.807, 2.05) is 0 Å². The Kier molecular flexibility index (Phi) is 4.83. The van der Waals surface area contributed by atoms with Crippen LogP contribution in [0.4, 0.5) is 4.39 Å². The third kappa shape index (κ3) is 2.88. The number of hydrogen-bond donors (Lipinski definition) is 1. The van der Waals surface area contributed by atoms with Crippen LogP contribution >= 0.6 is 11.6 Å². The van der Waals surface area contributed by atoms with Crippen LogP contribution in [0.3, 0.4) is 0 Å². The van der Waals surface area contributed by atoms with Gasteiger partial charge in [-0.2, -0.15) is 0 Å². The summed E-state index contributed by atoms with van der Waals surface area (Å²) in [7, 11) is 1.41. The number of carbonyl (C=O) groups is 1. The minimum absolute atomic E-state index is 0.159. The van der Waals surface area contributed by atoms with Crippen molar-refractivity contribution in [3.8, 4) is 5.75 Å². The van der Waals surface area contributed by atoms with Gasteiger partial charge in [-0.05, 0) is 18.9 Å². The zero-order valence-corrected chi connectivity index (χ0v) is 12.0. The van der Waals surface area contributed by atoms with Gasteiger partial charge in [0, 0.05) is 18.8 Å². The Morgan fingerprint density at radius 2 is 2.20 bits per heavy atom. The van der Waals surface area contributed by atoms with Crippen LogP contribution in [-0.2, 0) is 15.1 Å². The minimum Gasteiger partial charge on any atom is -0.494 e. The monoisotopic (exact) mass is 301 g/mol. The van der Waals surface area contributed by atoms with E-state index in [0.717, 1.165) is 0 Å². The zero-order chi connectivity index (χ0) is 14.6. The predicted octanol–water partition coefficient (Wildman–Crippen LogP) is 2.20. The molecule has 0 spiro atoms. The first kappa shape index (κ1) is 15.1. The highest BCUT2D eigenvalue weighted by atomic mass is 35.5. The van der Waals surface area contributed by atoms with Crippen molar-refractivity contribution in [2.24, 2.45) is 0 Å². The highest BCUT2D eigenvalue weighted by Crippen LogP contribution is 2.36. The molecule has 110 valence electrons. The molecule has 0 aliphatic carbocycles. The van der Waals surface area contributed by atoms with Crippen molar-refractivity contribution in [2.75, 3.05) is 26.2 Å². The number of nitrogens with one attached hydrogen (secondary N) is 1. The molecule has 1 aromatic carbocycles. The van der Waals surface area contributed by atoms with Crippen molar-refractivity contribution in [3.05, 3.63) is 29.6 Å². The maximum atomic E-state index is 14.5. The summed E-state index contributed by atoms with van der Waals surface area (Å²) in [6.07, 6.45) is 0.999. The molecule has 0 unspecified atom stereocenters. The first-order chi connectivity index (χ1) is 9.63. The third-order valence-electron chi connectivity index (χ3n) is 3.55. The van der Waals surface area contributed by atoms with Crippen LogP contribution < -0.4 is 10.1 Å². The lowest BCUT2D eigenvalue weighted by Crippen LogP contribution is -2.50. The van der Waals surface area contributed by atoms with Gasteiger partial charge in [0.1, 0.15) is 5.88 Å². The van der Waals surface area contributed by atoms with E-state index in [-0.39, 0.29) is 17.5 Å². The molecule has 0 atom stereocenters. The molecule has 1 N–H and O–H groups in total. The van der Waals surface area contributed by atoms with Crippen LogP contribution in [0, 0.1) is 5.82 Å². The molecule has 1 heterocycles. The Hall–Kier alpha value is -1.33. The average Bonchev–Trinajstić information content (AvgIpc) is 2.48. The van der Waals surface area contributed by atoms with Crippen LogP contribution in [-0.4, -0.2) is 32.1 Å². The Bertz CT molecular complexity index is 489. The summed E-state index contributed by atoms with van der Waals surface area (Å²) in [4.78, 5) is 11.7. The fourth-order valence-electron chi connectivity index (χ4n) is 2.52. The number of amides is 1. The second kappa shape index (κ2) is 6.41. The van der Waals surface area contributed by atoms with Gasteiger partial charge in [0.05, 0.1) is 12.6 Å². The molecule has 1 aliphatic rings. The van der Waals surface area contributed by atoms with Gasteiger partial charge in [0.2, 0.25) is 5.91 Å². The molecule has 1 fully saturated rings. The average molecular weight is 302 g/mol. The highest BCUT2D eigenvalue weighted by Gasteiger charge is 2.38. The summed E-state index contributed by atoms with van der Waals surface area (Å²) >= 11 is 5.56. The normalized spacial score (nSPS) is 17.6. The molecule has 0 bridgehead atoms. The number of halogens is 2. The predicted molar refractivity (Wildman–Crippen MR) is 73.5 cm³/mol. The van der Waals surface area contributed by atoms with E-state index in [9.17, 15) is 9.18 Å². The van der Waals surface area contributed by atoms with Gasteiger partial charge in [-0.3, -0.25) is 4.79 Å². The molecular weight excluding hydrogens is 285 g/mol. The highest BCUT2D eigenvalue weighted by molar-refractivity contribution is 6.27. The minimum atomic E-state index is -0.789. The summed E-state index contributed by atoms with van der Waals surface area (Å²) in [6.45, 7) is 0.915. The quantitative estimate of drug-likeness (QED) is 0.867. The standard InChI is InChI=1S/C14H17ClFNO3/c1-19-11-4-2-3-10(13(11)16)14(17-12(18)9-15)5-7-20-8-6-14/h2-4H,5-9H2,1H3,(H,17,18). The topological polar surface area (TPSA) is 47.6 Å². The van der Waals surface area contributed by atoms with Crippen molar-refractivity contribution in [3.63, 3.8) is 0 Å². The molecule has 20 heavy (non-hydrogen) atoms. The van der Waals surface area contributed by atoms with E-state index < -0.39 is 11.4 Å². The lowest BCUT2D eigenvalue weighted by molar-refractivity contribution is -0.122. The smallest absolute Gasteiger partial charge is 0.235 e. The first-order valence-corrected chi connectivity index (χ1v) is 6.94. The van der Waals surface area contributed by atoms with E-state index in [0.29, 0.717) is 31.6 Å². The van der Waals surface area contributed by atoms with E-state index in [4.69, 9.17) is 21.1 Å². The molecule has 1 amide bonds. The Morgan fingerprint density at radius 1 is 1.50 bits per heavy atom. The molecule has 1 aromatic rings. The fourth-order valence-corrected chi connectivity index (χ4v) is 2.59. The van der Waals surface area contributed by atoms with Crippen molar-refractivity contribution in [1.82, 2.24) is 5.32 Å². The number of rotatable bonds is 4. The molecular formula is C14H17ClFNO3. The summed E-state index contributed by atoms with van der Waals surface area (Å²) < 4.78 is 24.8. The lowest BCUT2D eigenvalue weighted by atomic mass is 9.82. The maximum absolute atomic E-state index is 14.5. The number of benzene rings is 1. The Morgan fingerprint density at radius 3 is 2.80 bits per heavy atom. The largest absolute Gasteiger partial charge is 0.494 e. The van der Waals surface area contributed by atoms with Crippen LogP contribution in [0.1, 0.15) is 18.4 Å². The van der Waals surface area contributed by atoms with Gasteiger partial charge in [-0.25, -0.2) is 4.39 Å². The number of hydrogen-bond acceptors (Lipinski definition) is 3. The number of alkyl halides is 1. The number of methoxy groups -OCH3 is 1.